The topological polar surface area (TPSA) is 81.8 Å². The molecule has 1 atom stereocenters. The number of thioether (sulfide) groups is 1. The third kappa shape index (κ3) is 3.44. The fourth-order valence-electron chi connectivity index (χ4n) is 3.17. The van der Waals surface area contributed by atoms with Gasteiger partial charge in [-0.25, -0.2) is 4.98 Å². The maximum atomic E-state index is 12.5. The molecule has 1 fully saturated rings. The number of hydrogen-bond donors (Lipinski definition) is 2. The Labute approximate surface area is 139 Å². The van der Waals surface area contributed by atoms with Crippen LogP contribution in [0, 0.1) is 6.92 Å². The first-order valence-electron chi connectivity index (χ1n) is 8.10. The van der Waals surface area contributed by atoms with Crippen molar-refractivity contribution in [2.24, 2.45) is 0 Å². The fraction of sp³-hybridized carbons (Fsp3) is 0.562. The molecule has 0 saturated carbocycles. The first kappa shape index (κ1) is 16.1. The molecule has 0 bridgehead atoms. The predicted octanol–water partition coefficient (Wildman–Crippen LogP) is 2.44. The lowest BCUT2D eigenvalue weighted by atomic mass is 10.0. The molecule has 1 unspecified atom stereocenters. The molecule has 3 rings (SSSR count). The summed E-state index contributed by atoms with van der Waals surface area (Å²) in [6, 6.07) is 2.20. The highest BCUT2D eigenvalue weighted by atomic mass is 32.2. The number of aromatic amines is 2. The maximum absolute atomic E-state index is 12.5. The zero-order valence-electron chi connectivity index (χ0n) is 13.5. The van der Waals surface area contributed by atoms with Gasteiger partial charge >= 0.3 is 0 Å². The van der Waals surface area contributed by atoms with Gasteiger partial charge in [0, 0.05) is 18.3 Å². The van der Waals surface area contributed by atoms with Crippen molar-refractivity contribution in [3.05, 3.63) is 22.1 Å². The molecule has 0 aliphatic carbocycles. The smallest absolute Gasteiger partial charge is 0.275 e. The number of aryl methyl sites for hydroxylation is 1. The van der Waals surface area contributed by atoms with Crippen LogP contribution in [0.15, 0.2) is 16.0 Å². The third-order valence-electron chi connectivity index (χ3n) is 4.35. The van der Waals surface area contributed by atoms with Gasteiger partial charge in [-0.1, -0.05) is 18.7 Å². The SMILES string of the molecule is CCC1CCCCN1C(=O)CSc1nc2cc(C)[nH]c2c(=O)[nH]1. The molecule has 0 spiro atoms. The molecule has 7 heteroatoms. The van der Waals surface area contributed by atoms with E-state index in [1.54, 1.807) is 0 Å². The van der Waals surface area contributed by atoms with Gasteiger partial charge in [-0.15, -0.1) is 0 Å². The second-order valence-corrected chi connectivity index (χ2v) is 6.98. The van der Waals surface area contributed by atoms with Crippen LogP contribution in [-0.4, -0.2) is 44.1 Å². The van der Waals surface area contributed by atoms with Crippen molar-refractivity contribution in [2.45, 2.75) is 50.7 Å². The van der Waals surface area contributed by atoms with Crippen LogP contribution in [0.25, 0.3) is 11.0 Å². The standard InChI is InChI=1S/C16H22N4O2S/c1-3-11-6-4-5-7-20(11)13(21)9-23-16-18-12-8-10(2)17-14(12)15(22)19-16/h8,11,17H,3-7,9H2,1-2H3,(H,18,19,22). The summed E-state index contributed by atoms with van der Waals surface area (Å²) in [7, 11) is 0. The quantitative estimate of drug-likeness (QED) is 0.665. The predicted molar refractivity (Wildman–Crippen MR) is 91.8 cm³/mol. The minimum Gasteiger partial charge on any atom is -0.353 e. The molecule has 124 valence electrons. The molecule has 0 aromatic carbocycles. The zero-order valence-corrected chi connectivity index (χ0v) is 14.3. The molecule has 6 nitrogen and oxygen atoms in total. The van der Waals surface area contributed by atoms with Gasteiger partial charge in [0.15, 0.2) is 5.16 Å². The van der Waals surface area contributed by atoms with Crippen LogP contribution in [0.1, 0.15) is 38.3 Å². The summed E-state index contributed by atoms with van der Waals surface area (Å²) >= 11 is 1.30. The fourth-order valence-corrected chi connectivity index (χ4v) is 3.92. The number of amides is 1. The number of carbonyl (C=O) groups is 1. The number of hydrogen-bond acceptors (Lipinski definition) is 4. The molecular weight excluding hydrogens is 312 g/mol. The van der Waals surface area contributed by atoms with Crippen molar-refractivity contribution < 1.29 is 4.79 Å². The molecule has 23 heavy (non-hydrogen) atoms. The second-order valence-electron chi connectivity index (χ2n) is 6.02. The van der Waals surface area contributed by atoms with Crippen molar-refractivity contribution in [1.29, 1.82) is 0 Å². The number of nitrogens with one attached hydrogen (secondary N) is 2. The van der Waals surface area contributed by atoms with E-state index in [0.717, 1.165) is 31.5 Å². The van der Waals surface area contributed by atoms with E-state index in [9.17, 15) is 9.59 Å². The Morgan fingerprint density at radius 3 is 3.04 bits per heavy atom. The molecule has 2 aromatic heterocycles. The highest BCUT2D eigenvalue weighted by Gasteiger charge is 2.25. The van der Waals surface area contributed by atoms with Gasteiger partial charge in [0.1, 0.15) is 5.52 Å². The average Bonchev–Trinajstić information content (AvgIpc) is 2.93. The Morgan fingerprint density at radius 2 is 2.26 bits per heavy atom. The zero-order chi connectivity index (χ0) is 16.4. The summed E-state index contributed by atoms with van der Waals surface area (Å²) in [5, 5.41) is 0.500. The Balaban J connectivity index is 1.70. The van der Waals surface area contributed by atoms with Gasteiger partial charge < -0.3 is 9.88 Å². The number of piperidine rings is 1. The van der Waals surface area contributed by atoms with Crippen LogP contribution in [0.5, 0.6) is 0 Å². The highest BCUT2D eigenvalue weighted by Crippen LogP contribution is 2.22. The normalized spacial score (nSPS) is 18.5. The molecule has 1 saturated heterocycles. The number of likely N-dealkylation sites (tertiary alicyclic amines) is 1. The summed E-state index contributed by atoms with van der Waals surface area (Å²) in [5.74, 6) is 0.448. The second kappa shape index (κ2) is 6.78. The maximum Gasteiger partial charge on any atom is 0.275 e. The van der Waals surface area contributed by atoms with Gasteiger partial charge in [0.25, 0.3) is 5.56 Å². The molecular formula is C16H22N4O2S. The van der Waals surface area contributed by atoms with Crippen molar-refractivity contribution in [3.8, 4) is 0 Å². The lowest BCUT2D eigenvalue weighted by molar-refractivity contribution is -0.132. The Hall–Kier alpha value is -1.76. The monoisotopic (exact) mass is 334 g/mol. The van der Waals surface area contributed by atoms with Crippen LogP contribution in [0.3, 0.4) is 0 Å². The van der Waals surface area contributed by atoms with E-state index in [0.29, 0.717) is 28.0 Å². The van der Waals surface area contributed by atoms with E-state index >= 15 is 0 Å². The van der Waals surface area contributed by atoms with Crippen molar-refractivity contribution in [3.63, 3.8) is 0 Å². The van der Waals surface area contributed by atoms with Gasteiger partial charge in [0.2, 0.25) is 5.91 Å². The number of fused-ring (bicyclic) bond motifs is 1. The summed E-state index contributed by atoms with van der Waals surface area (Å²) in [6.07, 6.45) is 4.38. The van der Waals surface area contributed by atoms with Crippen molar-refractivity contribution in [1.82, 2.24) is 19.9 Å². The number of aromatic nitrogens is 3. The van der Waals surface area contributed by atoms with Gasteiger partial charge in [-0.2, -0.15) is 0 Å². The Bertz CT molecular complexity index is 767. The summed E-state index contributed by atoms with van der Waals surface area (Å²) in [6.45, 7) is 4.86. The van der Waals surface area contributed by atoms with E-state index in [-0.39, 0.29) is 11.5 Å². The first-order chi connectivity index (χ1) is 11.1. The van der Waals surface area contributed by atoms with E-state index in [1.807, 2.05) is 17.9 Å². The minimum absolute atomic E-state index is 0.134. The van der Waals surface area contributed by atoms with Crippen LogP contribution < -0.4 is 5.56 Å². The van der Waals surface area contributed by atoms with Gasteiger partial charge in [-0.05, 0) is 38.7 Å². The molecule has 1 aliphatic rings. The van der Waals surface area contributed by atoms with Gasteiger partial charge in [-0.3, -0.25) is 14.6 Å². The van der Waals surface area contributed by atoms with E-state index in [4.69, 9.17) is 0 Å². The van der Waals surface area contributed by atoms with E-state index < -0.39 is 0 Å². The number of rotatable bonds is 4. The van der Waals surface area contributed by atoms with Crippen LogP contribution >= 0.6 is 11.8 Å². The third-order valence-corrected chi connectivity index (χ3v) is 5.21. The lowest BCUT2D eigenvalue weighted by Crippen LogP contribution is -2.44. The van der Waals surface area contributed by atoms with Gasteiger partial charge in [0.05, 0.1) is 11.3 Å². The average molecular weight is 334 g/mol. The number of nitrogens with zero attached hydrogens (tertiary/aromatic N) is 2. The van der Waals surface area contributed by atoms with E-state index in [1.165, 1.54) is 18.2 Å². The van der Waals surface area contributed by atoms with Crippen LogP contribution in [0.2, 0.25) is 0 Å². The summed E-state index contributed by atoms with van der Waals surface area (Å²) < 4.78 is 0. The molecule has 2 N–H and O–H groups in total. The molecule has 2 aromatic rings. The molecule has 1 amide bonds. The molecule has 1 aliphatic heterocycles. The molecule has 0 radical (unpaired) electrons. The van der Waals surface area contributed by atoms with Crippen molar-refractivity contribution >= 4 is 28.7 Å². The molecule has 3 heterocycles. The highest BCUT2D eigenvalue weighted by molar-refractivity contribution is 7.99. The Morgan fingerprint density at radius 1 is 1.43 bits per heavy atom. The summed E-state index contributed by atoms with van der Waals surface area (Å²) in [5.41, 5.74) is 1.84. The first-order valence-corrected chi connectivity index (χ1v) is 9.09. The summed E-state index contributed by atoms with van der Waals surface area (Å²) in [4.78, 5) is 36.6. The van der Waals surface area contributed by atoms with Crippen LogP contribution in [-0.2, 0) is 4.79 Å². The van der Waals surface area contributed by atoms with E-state index in [2.05, 4.69) is 21.9 Å². The number of carbonyl (C=O) groups excluding carboxylic acids is 1. The van der Waals surface area contributed by atoms with Crippen LogP contribution in [0.4, 0.5) is 0 Å². The van der Waals surface area contributed by atoms with Crippen molar-refractivity contribution in [2.75, 3.05) is 12.3 Å². The Kier molecular flexibility index (Phi) is 4.75. The lowest BCUT2D eigenvalue weighted by Gasteiger charge is -2.35. The number of H-pyrrole nitrogens is 2. The largest absolute Gasteiger partial charge is 0.353 e. The minimum atomic E-state index is -0.192.